The number of allylic oxidation sites excluding steroid dienone is 5. The summed E-state index contributed by atoms with van der Waals surface area (Å²) in [4.78, 5) is 24.5. The fourth-order valence-electron chi connectivity index (χ4n) is 3.28. The third-order valence-corrected chi connectivity index (χ3v) is 4.31. The Hall–Kier alpha value is -1.64. The van der Waals surface area contributed by atoms with E-state index in [4.69, 9.17) is 4.74 Å². The third kappa shape index (κ3) is 3.96. The van der Waals surface area contributed by atoms with Crippen molar-refractivity contribution in [1.29, 1.82) is 0 Å². The van der Waals surface area contributed by atoms with Crippen LogP contribution in [-0.2, 0) is 14.3 Å². The predicted octanol–water partition coefficient (Wildman–Crippen LogP) is 4.44. The number of ether oxygens (including phenoxy) is 1. The van der Waals surface area contributed by atoms with Gasteiger partial charge in [0.1, 0.15) is 5.57 Å². The van der Waals surface area contributed by atoms with Gasteiger partial charge in [0, 0.05) is 0 Å². The lowest BCUT2D eigenvalue weighted by Gasteiger charge is -2.23. The molecule has 3 nitrogen and oxygen atoms in total. The van der Waals surface area contributed by atoms with E-state index in [9.17, 15) is 9.59 Å². The van der Waals surface area contributed by atoms with E-state index >= 15 is 0 Å². The summed E-state index contributed by atoms with van der Waals surface area (Å²) in [6, 6.07) is 0. The molecule has 2 rings (SSSR count). The Labute approximate surface area is 133 Å². The van der Waals surface area contributed by atoms with E-state index in [1.54, 1.807) is 6.92 Å². The summed E-state index contributed by atoms with van der Waals surface area (Å²) in [6.07, 6.45) is 13.0. The first-order valence-corrected chi connectivity index (χ1v) is 8.46. The van der Waals surface area contributed by atoms with Crippen molar-refractivity contribution in [2.75, 3.05) is 6.61 Å². The quantitative estimate of drug-likeness (QED) is 0.326. The molecule has 0 unspecified atom stereocenters. The molecule has 0 amide bonds. The lowest BCUT2D eigenvalue weighted by atomic mass is 9.81. The van der Waals surface area contributed by atoms with Crippen LogP contribution in [0.25, 0.3) is 0 Å². The average molecular weight is 302 g/mol. The minimum atomic E-state index is -0.469. The van der Waals surface area contributed by atoms with Gasteiger partial charge in [-0.25, -0.2) is 4.79 Å². The van der Waals surface area contributed by atoms with Crippen LogP contribution in [0.15, 0.2) is 34.4 Å². The maximum absolute atomic E-state index is 12.4. The second kappa shape index (κ2) is 8.11. The zero-order valence-corrected chi connectivity index (χ0v) is 13.7. The molecule has 0 saturated heterocycles. The van der Waals surface area contributed by atoms with Crippen LogP contribution in [-0.4, -0.2) is 18.4 Å². The molecule has 0 saturated carbocycles. The highest BCUT2D eigenvalue weighted by Crippen LogP contribution is 2.36. The lowest BCUT2D eigenvalue weighted by Crippen LogP contribution is -2.19. The first-order chi connectivity index (χ1) is 10.6. The third-order valence-electron chi connectivity index (χ3n) is 4.31. The first kappa shape index (κ1) is 16.7. The van der Waals surface area contributed by atoms with E-state index in [1.165, 1.54) is 19.8 Å². The molecule has 0 atom stereocenters. The smallest absolute Gasteiger partial charge is 0.342 e. The summed E-state index contributed by atoms with van der Waals surface area (Å²) in [5.74, 6) is -0.658. The van der Waals surface area contributed by atoms with E-state index < -0.39 is 5.97 Å². The topological polar surface area (TPSA) is 43.4 Å². The van der Waals surface area contributed by atoms with Crippen molar-refractivity contribution >= 4 is 11.8 Å². The zero-order chi connectivity index (χ0) is 15.9. The van der Waals surface area contributed by atoms with Crippen LogP contribution < -0.4 is 0 Å². The van der Waals surface area contributed by atoms with Gasteiger partial charge in [-0.2, -0.15) is 0 Å². The summed E-state index contributed by atoms with van der Waals surface area (Å²) >= 11 is 0. The Balaban J connectivity index is 2.54. The van der Waals surface area contributed by atoms with Crippen LogP contribution >= 0.6 is 0 Å². The minimum absolute atomic E-state index is 0.189. The van der Waals surface area contributed by atoms with Crippen molar-refractivity contribution in [2.24, 2.45) is 0 Å². The Morgan fingerprint density at radius 1 is 1.00 bits per heavy atom. The molecule has 2 aliphatic rings. The number of ketones is 1. The van der Waals surface area contributed by atoms with E-state index in [0.29, 0.717) is 6.61 Å². The summed E-state index contributed by atoms with van der Waals surface area (Å²) in [5.41, 5.74) is 3.46. The molecule has 3 heteroatoms. The highest BCUT2D eigenvalue weighted by Gasteiger charge is 2.26. The Bertz CT molecular complexity index is 507. The number of carbonyl (C=O) groups excluding carboxylic acids is 2. The second-order valence-corrected chi connectivity index (χ2v) is 5.98. The molecule has 0 N–H and O–H groups in total. The monoisotopic (exact) mass is 302 g/mol. The van der Waals surface area contributed by atoms with Gasteiger partial charge < -0.3 is 4.74 Å². The van der Waals surface area contributed by atoms with Crippen LogP contribution in [0.4, 0.5) is 0 Å². The first-order valence-electron chi connectivity index (χ1n) is 8.46. The van der Waals surface area contributed by atoms with Gasteiger partial charge in [0.2, 0.25) is 0 Å². The Morgan fingerprint density at radius 3 is 1.91 bits per heavy atom. The maximum Gasteiger partial charge on any atom is 0.342 e. The normalized spacial score (nSPS) is 18.1. The largest absolute Gasteiger partial charge is 0.462 e. The van der Waals surface area contributed by atoms with Gasteiger partial charge in [0.25, 0.3) is 0 Å². The molecule has 0 aromatic carbocycles. The molecule has 120 valence electrons. The molecular weight excluding hydrogens is 276 g/mol. The molecular formula is C19H26O3. The summed E-state index contributed by atoms with van der Waals surface area (Å²) in [7, 11) is 0. The molecule has 0 heterocycles. The van der Waals surface area contributed by atoms with Crippen LogP contribution in [0.2, 0.25) is 0 Å². The van der Waals surface area contributed by atoms with Gasteiger partial charge in [-0.15, -0.1) is 0 Å². The SMILES string of the molecule is CCOC(=O)C(C(C)=O)=C(C1=CCCCC1)C1=CCCCC1. The highest BCUT2D eigenvalue weighted by molar-refractivity contribution is 6.18. The van der Waals surface area contributed by atoms with Gasteiger partial charge in [-0.3, -0.25) is 4.79 Å². The summed E-state index contributed by atoms with van der Waals surface area (Å²) in [6.45, 7) is 3.54. The molecule has 0 fully saturated rings. The number of rotatable bonds is 5. The van der Waals surface area contributed by atoms with Crippen molar-refractivity contribution in [3.63, 3.8) is 0 Å². The number of hydrogen-bond donors (Lipinski definition) is 0. The fraction of sp³-hybridized carbons (Fsp3) is 0.579. The lowest BCUT2D eigenvalue weighted by molar-refractivity contribution is -0.139. The van der Waals surface area contributed by atoms with Gasteiger partial charge in [0.15, 0.2) is 5.78 Å². The van der Waals surface area contributed by atoms with Crippen molar-refractivity contribution in [2.45, 2.75) is 65.2 Å². The number of esters is 1. The Kier molecular flexibility index (Phi) is 6.17. The summed E-state index contributed by atoms with van der Waals surface area (Å²) < 4.78 is 5.16. The van der Waals surface area contributed by atoms with Crippen LogP contribution in [0.1, 0.15) is 65.2 Å². The molecule has 0 bridgehead atoms. The number of Topliss-reactive ketones (excluding diaryl/α,β-unsaturated/α-hetero) is 1. The van der Waals surface area contributed by atoms with E-state index in [0.717, 1.165) is 55.2 Å². The molecule has 0 radical (unpaired) electrons. The van der Waals surface area contributed by atoms with E-state index in [1.807, 2.05) is 0 Å². The summed E-state index contributed by atoms with van der Waals surface area (Å²) in [5, 5.41) is 0. The van der Waals surface area contributed by atoms with Crippen LogP contribution in [0.5, 0.6) is 0 Å². The number of carbonyl (C=O) groups is 2. The van der Waals surface area contributed by atoms with E-state index in [2.05, 4.69) is 12.2 Å². The van der Waals surface area contributed by atoms with Gasteiger partial charge in [-0.05, 0) is 81.9 Å². The Morgan fingerprint density at radius 2 is 1.55 bits per heavy atom. The van der Waals surface area contributed by atoms with Crippen LogP contribution in [0, 0.1) is 0 Å². The molecule has 2 aliphatic carbocycles. The van der Waals surface area contributed by atoms with Crippen molar-refractivity contribution in [1.82, 2.24) is 0 Å². The van der Waals surface area contributed by atoms with Crippen LogP contribution in [0.3, 0.4) is 0 Å². The molecule has 0 spiro atoms. The van der Waals surface area contributed by atoms with E-state index in [-0.39, 0.29) is 11.4 Å². The van der Waals surface area contributed by atoms with Crippen molar-refractivity contribution in [3.05, 3.63) is 34.4 Å². The molecule has 0 aromatic rings. The maximum atomic E-state index is 12.4. The fourth-order valence-corrected chi connectivity index (χ4v) is 3.28. The molecule has 22 heavy (non-hydrogen) atoms. The highest BCUT2D eigenvalue weighted by atomic mass is 16.5. The molecule has 0 aromatic heterocycles. The number of hydrogen-bond acceptors (Lipinski definition) is 3. The van der Waals surface area contributed by atoms with Crippen molar-refractivity contribution in [3.8, 4) is 0 Å². The second-order valence-electron chi connectivity index (χ2n) is 5.98. The van der Waals surface area contributed by atoms with Gasteiger partial charge >= 0.3 is 5.97 Å². The van der Waals surface area contributed by atoms with Crippen molar-refractivity contribution < 1.29 is 14.3 Å². The van der Waals surface area contributed by atoms with Gasteiger partial charge in [0.05, 0.1) is 6.61 Å². The predicted molar refractivity (Wildman–Crippen MR) is 87.4 cm³/mol. The average Bonchev–Trinajstić information content (AvgIpc) is 2.54. The van der Waals surface area contributed by atoms with Gasteiger partial charge in [-0.1, -0.05) is 12.2 Å². The standard InChI is InChI=1S/C19H26O3/c1-3-22-19(21)17(14(2)20)18(15-10-6-4-7-11-15)16-12-8-5-9-13-16/h10,12H,3-9,11,13H2,1-2H3. The molecule has 0 aliphatic heterocycles. The minimum Gasteiger partial charge on any atom is -0.462 e. The zero-order valence-electron chi connectivity index (χ0n) is 13.7.